The van der Waals surface area contributed by atoms with Crippen LogP contribution in [0.4, 0.5) is 4.39 Å². The maximum absolute atomic E-state index is 13.2. The maximum Gasteiger partial charge on any atom is 0.123 e. The first kappa shape index (κ1) is 16.4. The van der Waals surface area contributed by atoms with Crippen molar-refractivity contribution >= 4 is 0 Å². The predicted molar refractivity (Wildman–Crippen MR) is 84.8 cm³/mol. The zero-order chi connectivity index (χ0) is 15.1. The van der Waals surface area contributed by atoms with Gasteiger partial charge in [0.15, 0.2) is 0 Å². The highest BCUT2D eigenvalue weighted by atomic mass is 19.1. The van der Waals surface area contributed by atoms with E-state index in [0.29, 0.717) is 5.92 Å². The normalized spacial score (nSPS) is 19.4. The second-order valence-corrected chi connectivity index (χ2v) is 5.90. The van der Waals surface area contributed by atoms with Crippen molar-refractivity contribution in [1.29, 1.82) is 0 Å². The van der Waals surface area contributed by atoms with Gasteiger partial charge in [-0.25, -0.2) is 4.39 Å². The Hall–Kier alpha value is -0.930. The number of nitrogens with one attached hydrogen (secondary N) is 1. The molecule has 1 aromatic rings. The van der Waals surface area contributed by atoms with Gasteiger partial charge in [0.2, 0.25) is 0 Å². The zero-order valence-electron chi connectivity index (χ0n) is 13.3. The molecule has 0 saturated heterocycles. The lowest BCUT2D eigenvalue weighted by Crippen LogP contribution is -2.39. The van der Waals surface area contributed by atoms with Gasteiger partial charge in [0.25, 0.3) is 0 Å². The second kappa shape index (κ2) is 8.50. The monoisotopic (exact) mass is 293 g/mol. The molecule has 0 spiro atoms. The van der Waals surface area contributed by atoms with Crippen LogP contribution in [-0.4, -0.2) is 19.3 Å². The molecule has 21 heavy (non-hydrogen) atoms. The Morgan fingerprint density at radius 2 is 1.81 bits per heavy atom. The summed E-state index contributed by atoms with van der Waals surface area (Å²) in [6, 6.07) is 7.01. The van der Waals surface area contributed by atoms with E-state index in [2.05, 4.69) is 19.2 Å². The molecule has 1 fully saturated rings. The lowest BCUT2D eigenvalue weighted by molar-refractivity contribution is -0.0180. The molecule has 0 heterocycles. The highest BCUT2D eigenvalue weighted by Crippen LogP contribution is 2.34. The van der Waals surface area contributed by atoms with Gasteiger partial charge in [-0.05, 0) is 49.9 Å². The lowest BCUT2D eigenvalue weighted by Gasteiger charge is -2.36. The molecular weight excluding hydrogens is 265 g/mol. The van der Waals surface area contributed by atoms with E-state index in [1.807, 2.05) is 12.1 Å². The molecule has 2 nitrogen and oxygen atoms in total. The number of likely N-dealkylation sites (N-methyl/N-ethyl adjacent to an activating group) is 1. The first-order valence-corrected chi connectivity index (χ1v) is 8.36. The molecule has 0 radical (unpaired) electrons. The van der Waals surface area contributed by atoms with Crippen molar-refractivity contribution in [3.8, 4) is 0 Å². The Kier molecular flexibility index (Phi) is 6.65. The minimum Gasteiger partial charge on any atom is -0.376 e. The molecule has 1 aromatic carbocycles. The summed E-state index contributed by atoms with van der Waals surface area (Å²) in [4.78, 5) is 0. The van der Waals surface area contributed by atoms with E-state index >= 15 is 0 Å². The standard InChI is InChI=1S/C18H28FNO/c1-3-20-17(14-10-12-16(19)13-11-14)18(21-4-2)15-8-6-5-7-9-15/h10-13,15,17-18,20H,3-9H2,1-2H3. The molecule has 3 heteroatoms. The Balaban J connectivity index is 2.20. The van der Waals surface area contributed by atoms with Gasteiger partial charge in [-0.3, -0.25) is 0 Å². The van der Waals surface area contributed by atoms with E-state index in [9.17, 15) is 4.39 Å². The maximum atomic E-state index is 13.2. The molecule has 1 aliphatic carbocycles. The fraction of sp³-hybridized carbons (Fsp3) is 0.667. The molecule has 1 aliphatic rings. The SMILES string of the molecule is CCNC(c1ccc(F)cc1)C(OCC)C1CCCCC1. The molecule has 1 saturated carbocycles. The highest BCUT2D eigenvalue weighted by molar-refractivity contribution is 5.21. The third-order valence-corrected chi connectivity index (χ3v) is 4.46. The predicted octanol–water partition coefficient (Wildman–Crippen LogP) is 4.46. The van der Waals surface area contributed by atoms with Crippen LogP contribution in [0.2, 0.25) is 0 Å². The van der Waals surface area contributed by atoms with Gasteiger partial charge in [0, 0.05) is 6.61 Å². The quantitative estimate of drug-likeness (QED) is 0.801. The lowest BCUT2D eigenvalue weighted by atomic mass is 9.81. The molecular formula is C18H28FNO. The minimum absolute atomic E-state index is 0.152. The summed E-state index contributed by atoms with van der Waals surface area (Å²) in [5.74, 6) is 0.424. The summed E-state index contributed by atoms with van der Waals surface area (Å²) >= 11 is 0. The fourth-order valence-electron chi connectivity index (χ4n) is 3.47. The third-order valence-electron chi connectivity index (χ3n) is 4.46. The van der Waals surface area contributed by atoms with Gasteiger partial charge < -0.3 is 10.1 Å². The van der Waals surface area contributed by atoms with Crippen LogP contribution in [0.3, 0.4) is 0 Å². The van der Waals surface area contributed by atoms with E-state index in [0.717, 1.165) is 18.7 Å². The van der Waals surface area contributed by atoms with Crippen molar-refractivity contribution in [1.82, 2.24) is 5.32 Å². The molecule has 0 bridgehead atoms. The first-order chi connectivity index (χ1) is 10.3. The molecule has 1 N–H and O–H groups in total. The Morgan fingerprint density at radius 3 is 2.38 bits per heavy atom. The fourth-order valence-corrected chi connectivity index (χ4v) is 3.47. The molecule has 2 unspecified atom stereocenters. The van der Waals surface area contributed by atoms with Gasteiger partial charge in [-0.1, -0.05) is 38.3 Å². The van der Waals surface area contributed by atoms with Crippen LogP contribution < -0.4 is 5.32 Å². The summed E-state index contributed by atoms with van der Waals surface area (Å²) in [6.45, 7) is 5.78. The van der Waals surface area contributed by atoms with Gasteiger partial charge in [0.05, 0.1) is 12.1 Å². The van der Waals surface area contributed by atoms with Crippen LogP contribution in [0.25, 0.3) is 0 Å². The third kappa shape index (κ3) is 4.52. The Labute approximate surface area is 128 Å². The topological polar surface area (TPSA) is 21.3 Å². The largest absolute Gasteiger partial charge is 0.376 e. The smallest absolute Gasteiger partial charge is 0.123 e. The average Bonchev–Trinajstić information content (AvgIpc) is 2.53. The second-order valence-electron chi connectivity index (χ2n) is 5.90. The van der Waals surface area contributed by atoms with Crippen LogP contribution in [0.15, 0.2) is 24.3 Å². The van der Waals surface area contributed by atoms with Crippen LogP contribution >= 0.6 is 0 Å². The number of ether oxygens (including phenoxy) is 1. The van der Waals surface area contributed by atoms with Gasteiger partial charge in [-0.15, -0.1) is 0 Å². The van der Waals surface area contributed by atoms with E-state index in [4.69, 9.17) is 4.74 Å². The van der Waals surface area contributed by atoms with E-state index in [1.165, 1.54) is 32.1 Å². The number of rotatable bonds is 7. The van der Waals surface area contributed by atoms with Crippen molar-refractivity contribution in [3.63, 3.8) is 0 Å². The van der Waals surface area contributed by atoms with Crippen LogP contribution in [0, 0.1) is 11.7 Å². The van der Waals surface area contributed by atoms with Crippen LogP contribution in [0.1, 0.15) is 57.6 Å². The molecule has 2 atom stereocenters. The summed E-state index contributed by atoms with van der Waals surface area (Å²) in [5.41, 5.74) is 1.13. The average molecular weight is 293 g/mol. The summed E-state index contributed by atoms with van der Waals surface area (Å²) < 4.78 is 19.3. The van der Waals surface area contributed by atoms with Gasteiger partial charge in [-0.2, -0.15) is 0 Å². The van der Waals surface area contributed by atoms with Gasteiger partial charge in [0.1, 0.15) is 5.82 Å². The molecule has 0 aromatic heterocycles. The number of hydrogen-bond donors (Lipinski definition) is 1. The Morgan fingerprint density at radius 1 is 1.14 bits per heavy atom. The van der Waals surface area contributed by atoms with E-state index in [1.54, 1.807) is 12.1 Å². The van der Waals surface area contributed by atoms with Crippen molar-refractivity contribution in [3.05, 3.63) is 35.6 Å². The van der Waals surface area contributed by atoms with Crippen molar-refractivity contribution in [2.75, 3.05) is 13.2 Å². The summed E-state index contributed by atoms with van der Waals surface area (Å²) in [7, 11) is 0. The minimum atomic E-state index is -0.181. The van der Waals surface area contributed by atoms with Crippen LogP contribution in [-0.2, 0) is 4.74 Å². The number of hydrogen-bond acceptors (Lipinski definition) is 2. The first-order valence-electron chi connectivity index (χ1n) is 8.36. The van der Waals surface area contributed by atoms with Crippen molar-refractivity contribution in [2.24, 2.45) is 5.92 Å². The summed E-state index contributed by atoms with van der Waals surface area (Å²) in [6.07, 6.45) is 6.62. The van der Waals surface area contributed by atoms with E-state index < -0.39 is 0 Å². The molecule has 0 aliphatic heterocycles. The van der Waals surface area contributed by atoms with Crippen LogP contribution in [0.5, 0.6) is 0 Å². The number of benzene rings is 1. The summed E-state index contributed by atoms with van der Waals surface area (Å²) in [5, 5.41) is 3.55. The van der Waals surface area contributed by atoms with Gasteiger partial charge >= 0.3 is 0 Å². The molecule has 0 amide bonds. The zero-order valence-corrected chi connectivity index (χ0v) is 13.3. The van der Waals surface area contributed by atoms with Crippen molar-refractivity contribution in [2.45, 2.75) is 58.1 Å². The molecule has 2 rings (SSSR count). The number of halogens is 1. The van der Waals surface area contributed by atoms with E-state index in [-0.39, 0.29) is 18.0 Å². The van der Waals surface area contributed by atoms with Crippen molar-refractivity contribution < 1.29 is 9.13 Å². The highest BCUT2D eigenvalue weighted by Gasteiger charge is 2.31. The Bertz CT molecular complexity index is 400. The molecule has 118 valence electrons.